The minimum Gasteiger partial charge on any atom is -1.00 e. The van der Waals surface area contributed by atoms with Crippen LogP contribution in [0.2, 0.25) is 0 Å². The van der Waals surface area contributed by atoms with Gasteiger partial charge in [-0.3, -0.25) is 9.69 Å². The molecule has 0 atom stereocenters. The van der Waals surface area contributed by atoms with Gasteiger partial charge in [0, 0.05) is 5.69 Å². The number of hydrogen-bond donors (Lipinski definition) is 1. The number of hydrogen-bond acceptors (Lipinski definition) is 3. The molecule has 9 heteroatoms. The number of rotatable bonds is 5. The number of benzene rings is 3. The van der Waals surface area contributed by atoms with E-state index in [2.05, 4.69) is 25.5 Å². The molecule has 0 radical (unpaired) electrons. The summed E-state index contributed by atoms with van der Waals surface area (Å²) in [7, 11) is 0. The number of anilines is 1. The molecule has 0 unspecified atom stereocenters. The maximum Gasteiger partial charge on any atom is 1.00 e. The minimum atomic E-state index is -4.77. The molecule has 0 aliphatic carbocycles. The molecule has 0 aliphatic rings. The zero-order chi connectivity index (χ0) is 25.1. The molecule has 0 bridgehead atoms. The fourth-order valence-electron chi connectivity index (χ4n) is 3.37. The SMILES string of the molecule is CC(C)(C)c1ccc(CN(C(=O)C(=O)O)c2ccc(-c3ccc(OC(F)(F)F)cc3)cc2)cc1.[H-].[Na+]. The van der Waals surface area contributed by atoms with Crippen LogP contribution in [0, 0.1) is 0 Å². The molecule has 35 heavy (non-hydrogen) atoms. The quantitative estimate of drug-likeness (QED) is 0.436. The van der Waals surface area contributed by atoms with E-state index in [1.54, 1.807) is 24.3 Å². The number of ether oxygens (including phenoxy) is 1. The van der Waals surface area contributed by atoms with Crippen molar-refractivity contribution < 1.29 is 63.6 Å². The van der Waals surface area contributed by atoms with E-state index in [1.165, 1.54) is 29.2 Å². The van der Waals surface area contributed by atoms with Crippen LogP contribution in [-0.4, -0.2) is 23.3 Å². The van der Waals surface area contributed by atoms with Gasteiger partial charge in [0.25, 0.3) is 0 Å². The normalized spacial score (nSPS) is 11.4. The fraction of sp³-hybridized carbons (Fsp3) is 0.231. The number of nitrogens with zero attached hydrogens (tertiary/aromatic N) is 1. The van der Waals surface area contributed by atoms with E-state index in [-0.39, 0.29) is 48.7 Å². The standard InChI is InChI=1S/C26H24F3NO4.Na.H/c1-25(2,3)20-10-4-17(5-11-20)16-30(23(31)24(32)33)21-12-6-18(7-13-21)19-8-14-22(15-9-19)34-26(27,28)29;;/h4-15H,16H2,1-3H3,(H,32,33);;/q;+1;-1. The second-order valence-electron chi connectivity index (χ2n) is 8.76. The van der Waals surface area contributed by atoms with Crippen LogP contribution < -0.4 is 39.2 Å². The summed E-state index contributed by atoms with van der Waals surface area (Å²) in [6.07, 6.45) is -4.77. The van der Waals surface area contributed by atoms with Crippen LogP contribution in [0.25, 0.3) is 11.1 Å². The summed E-state index contributed by atoms with van der Waals surface area (Å²) in [5, 5.41) is 9.30. The molecular weight excluding hydrogens is 470 g/mol. The summed E-state index contributed by atoms with van der Waals surface area (Å²) >= 11 is 0. The van der Waals surface area contributed by atoms with E-state index in [0.717, 1.165) is 11.1 Å². The van der Waals surface area contributed by atoms with Gasteiger partial charge in [-0.05, 0) is 51.9 Å². The first-order chi connectivity index (χ1) is 15.8. The van der Waals surface area contributed by atoms with Crippen molar-refractivity contribution in [1.29, 1.82) is 0 Å². The van der Waals surface area contributed by atoms with E-state index in [4.69, 9.17) is 0 Å². The smallest absolute Gasteiger partial charge is 1.00 e. The van der Waals surface area contributed by atoms with E-state index in [0.29, 0.717) is 16.8 Å². The molecule has 0 saturated heterocycles. The van der Waals surface area contributed by atoms with Crippen molar-refractivity contribution in [2.75, 3.05) is 4.90 Å². The van der Waals surface area contributed by atoms with Gasteiger partial charge < -0.3 is 11.3 Å². The molecular formula is C26H25F3NNaO4. The van der Waals surface area contributed by atoms with E-state index in [9.17, 15) is 27.9 Å². The number of carbonyl (C=O) groups is 2. The molecule has 0 fully saturated rings. The zero-order valence-electron chi connectivity index (χ0n) is 20.9. The van der Waals surface area contributed by atoms with Crippen molar-refractivity contribution in [3.05, 3.63) is 83.9 Å². The number of halogens is 3. The third kappa shape index (κ3) is 7.85. The van der Waals surface area contributed by atoms with Crippen molar-refractivity contribution in [3.63, 3.8) is 0 Å². The third-order valence-corrected chi connectivity index (χ3v) is 5.19. The van der Waals surface area contributed by atoms with Gasteiger partial charge in [-0.1, -0.05) is 69.3 Å². The molecule has 1 amide bonds. The molecule has 0 saturated carbocycles. The number of carbonyl (C=O) groups excluding carboxylic acids is 1. The van der Waals surface area contributed by atoms with Crippen molar-refractivity contribution >= 4 is 17.6 Å². The van der Waals surface area contributed by atoms with Crippen LogP contribution in [0.15, 0.2) is 72.8 Å². The molecule has 0 aromatic heterocycles. The van der Waals surface area contributed by atoms with Crippen molar-refractivity contribution in [2.45, 2.75) is 39.1 Å². The molecule has 5 nitrogen and oxygen atoms in total. The Morgan fingerprint density at radius 2 is 1.34 bits per heavy atom. The number of alkyl halides is 3. The maximum absolute atomic E-state index is 12.4. The Balaban J connectivity index is 0.00000324. The summed E-state index contributed by atoms with van der Waals surface area (Å²) in [4.78, 5) is 25.0. The first kappa shape index (κ1) is 28.4. The van der Waals surface area contributed by atoms with Crippen LogP contribution in [0.1, 0.15) is 33.3 Å². The molecule has 1 N–H and O–H groups in total. The summed E-state index contributed by atoms with van der Waals surface area (Å²) in [6.45, 7) is 6.32. The minimum absolute atomic E-state index is 0. The Kier molecular flexibility index (Phi) is 9.17. The fourth-order valence-corrected chi connectivity index (χ4v) is 3.37. The van der Waals surface area contributed by atoms with Crippen molar-refractivity contribution in [2.24, 2.45) is 0 Å². The first-order valence-corrected chi connectivity index (χ1v) is 10.4. The monoisotopic (exact) mass is 495 g/mol. The Labute approximate surface area is 225 Å². The Bertz CT molecular complexity index is 1160. The topological polar surface area (TPSA) is 66.8 Å². The number of aliphatic carboxylic acids is 1. The van der Waals surface area contributed by atoms with Gasteiger partial charge in [0.05, 0.1) is 6.54 Å². The van der Waals surface area contributed by atoms with Crippen molar-refractivity contribution in [1.82, 2.24) is 0 Å². The second kappa shape index (κ2) is 11.3. The van der Waals surface area contributed by atoms with Gasteiger partial charge >= 0.3 is 47.8 Å². The van der Waals surface area contributed by atoms with Gasteiger partial charge in [-0.15, -0.1) is 13.2 Å². The zero-order valence-corrected chi connectivity index (χ0v) is 21.9. The molecule has 180 valence electrons. The van der Waals surface area contributed by atoms with Gasteiger partial charge in [0.2, 0.25) is 0 Å². The average Bonchev–Trinajstić information content (AvgIpc) is 2.76. The van der Waals surface area contributed by atoms with Gasteiger partial charge in [-0.25, -0.2) is 4.79 Å². The predicted molar refractivity (Wildman–Crippen MR) is 124 cm³/mol. The largest absolute Gasteiger partial charge is 1.00 e. The number of amides is 1. The van der Waals surface area contributed by atoms with Gasteiger partial charge in [0.1, 0.15) is 5.75 Å². The molecule has 0 aliphatic heterocycles. The molecule has 0 heterocycles. The summed E-state index contributed by atoms with van der Waals surface area (Å²) in [5.74, 6) is -2.97. The Morgan fingerprint density at radius 1 is 0.857 bits per heavy atom. The summed E-state index contributed by atoms with van der Waals surface area (Å²) in [5.41, 5.74) is 3.54. The summed E-state index contributed by atoms with van der Waals surface area (Å²) < 4.78 is 40.9. The average molecular weight is 495 g/mol. The molecule has 0 spiro atoms. The van der Waals surface area contributed by atoms with Crippen LogP contribution in [0.3, 0.4) is 0 Å². The van der Waals surface area contributed by atoms with E-state index < -0.39 is 18.2 Å². The van der Waals surface area contributed by atoms with Crippen molar-refractivity contribution in [3.8, 4) is 16.9 Å². The second-order valence-corrected chi connectivity index (χ2v) is 8.76. The first-order valence-electron chi connectivity index (χ1n) is 10.4. The maximum atomic E-state index is 12.4. The van der Waals surface area contributed by atoms with Gasteiger partial charge in [-0.2, -0.15) is 0 Å². The van der Waals surface area contributed by atoms with Gasteiger partial charge in [0.15, 0.2) is 0 Å². The molecule has 3 rings (SSSR count). The van der Waals surface area contributed by atoms with Crippen LogP contribution in [-0.2, 0) is 21.5 Å². The summed E-state index contributed by atoms with van der Waals surface area (Å²) in [6, 6.07) is 19.5. The molecule has 3 aromatic carbocycles. The van der Waals surface area contributed by atoms with Crippen LogP contribution in [0.4, 0.5) is 18.9 Å². The Hall–Kier alpha value is -2.81. The predicted octanol–water partition coefficient (Wildman–Crippen LogP) is 3.28. The number of carboxylic acids is 1. The molecule has 3 aromatic rings. The van der Waals surface area contributed by atoms with E-state index in [1.807, 2.05) is 24.3 Å². The van der Waals surface area contributed by atoms with Crippen LogP contribution in [0.5, 0.6) is 5.75 Å². The number of carboxylic acid groups (broad SMARTS) is 1. The van der Waals surface area contributed by atoms with E-state index >= 15 is 0 Å². The third-order valence-electron chi connectivity index (χ3n) is 5.19. The Morgan fingerprint density at radius 3 is 1.77 bits per heavy atom. The van der Waals surface area contributed by atoms with Crippen LogP contribution >= 0.6 is 0 Å².